The summed E-state index contributed by atoms with van der Waals surface area (Å²) < 4.78 is 21.2. The Kier molecular flexibility index (Phi) is 6.35. The van der Waals surface area contributed by atoms with Crippen LogP contribution in [0.4, 0.5) is 0 Å². The van der Waals surface area contributed by atoms with Gasteiger partial charge in [0, 0.05) is 17.2 Å². The molecule has 0 amide bonds. The Bertz CT molecular complexity index is 1390. The molecule has 2 heterocycles. The number of esters is 1. The largest absolute Gasteiger partial charge is 0.501 e. The van der Waals surface area contributed by atoms with E-state index in [4.69, 9.17) is 18.9 Å². The van der Waals surface area contributed by atoms with Gasteiger partial charge in [0.1, 0.15) is 23.0 Å². The summed E-state index contributed by atoms with van der Waals surface area (Å²) in [6.07, 6.45) is 0. The van der Waals surface area contributed by atoms with E-state index in [1.807, 2.05) is 30.3 Å². The molecule has 0 atom stereocenters. The van der Waals surface area contributed by atoms with Crippen LogP contribution < -0.4 is 14.9 Å². The number of aryl methyl sites for hydroxylation is 1. The van der Waals surface area contributed by atoms with E-state index in [1.165, 1.54) is 20.3 Å². The van der Waals surface area contributed by atoms with E-state index >= 15 is 0 Å². The molecule has 4 aromatic rings. The summed E-state index contributed by atoms with van der Waals surface area (Å²) in [6.45, 7) is 1.33. The number of aromatic nitrogens is 2. The van der Waals surface area contributed by atoms with Gasteiger partial charge in [-0.05, 0) is 25.1 Å². The molecule has 0 unspecified atom stereocenters. The average molecular weight is 462 g/mol. The molecule has 0 saturated carbocycles. The van der Waals surface area contributed by atoms with Crippen LogP contribution in [0.3, 0.4) is 0 Å². The molecular formula is C25H22N2O7. The molecule has 0 radical (unpaired) electrons. The molecule has 0 fully saturated rings. The maximum Gasteiger partial charge on any atom is 0.343 e. The first kappa shape index (κ1) is 22.7. The highest BCUT2D eigenvalue weighted by atomic mass is 16.6. The second-order valence-corrected chi connectivity index (χ2v) is 7.30. The molecular weight excluding hydrogens is 440 g/mol. The lowest BCUT2D eigenvalue weighted by molar-refractivity contribution is -0.142. The molecule has 0 aliphatic heterocycles. The molecule has 4 rings (SSSR count). The molecule has 2 N–H and O–H groups in total. The van der Waals surface area contributed by atoms with Crippen molar-refractivity contribution in [2.75, 3.05) is 20.8 Å². The van der Waals surface area contributed by atoms with E-state index < -0.39 is 17.1 Å². The monoisotopic (exact) mass is 462 g/mol. The summed E-state index contributed by atoms with van der Waals surface area (Å²) in [5.41, 5.74) is 1.62. The third-order valence-electron chi connectivity index (χ3n) is 5.03. The second-order valence-electron chi connectivity index (χ2n) is 7.30. The Hall–Kier alpha value is -4.53. The van der Waals surface area contributed by atoms with Crippen molar-refractivity contribution in [2.45, 2.75) is 6.92 Å². The maximum absolute atomic E-state index is 12.2. The number of methoxy groups -OCH3 is 2. The van der Waals surface area contributed by atoms with Crippen LogP contribution in [0.2, 0.25) is 0 Å². The van der Waals surface area contributed by atoms with E-state index in [1.54, 1.807) is 25.1 Å². The number of aromatic amines is 1. The van der Waals surface area contributed by atoms with Gasteiger partial charge in [-0.1, -0.05) is 30.3 Å². The van der Waals surface area contributed by atoms with Crippen LogP contribution in [-0.2, 0) is 9.53 Å². The number of aromatic hydroxyl groups is 1. The first-order valence-corrected chi connectivity index (χ1v) is 10.3. The number of nitrogens with zero attached hydrogens (tertiary/aromatic N) is 1. The number of benzene rings is 2. The molecule has 174 valence electrons. The minimum absolute atomic E-state index is 0.0155. The fourth-order valence-corrected chi connectivity index (χ4v) is 3.38. The minimum Gasteiger partial charge on any atom is -0.501 e. The van der Waals surface area contributed by atoms with Crippen molar-refractivity contribution in [1.29, 1.82) is 0 Å². The van der Waals surface area contributed by atoms with Crippen LogP contribution in [0, 0.1) is 6.92 Å². The molecule has 9 nitrogen and oxygen atoms in total. The van der Waals surface area contributed by atoms with Gasteiger partial charge >= 0.3 is 5.97 Å². The molecule has 0 aliphatic rings. The Labute approximate surface area is 194 Å². The van der Waals surface area contributed by atoms with Crippen molar-refractivity contribution in [1.82, 2.24) is 9.97 Å². The lowest BCUT2D eigenvalue weighted by Crippen LogP contribution is -2.13. The van der Waals surface area contributed by atoms with Crippen LogP contribution >= 0.6 is 0 Å². The Morgan fingerprint density at radius 2 is 1.82 bits per heavy atom. The SMILES string of the molecule is COC(=O)COc1cc(-c2nc(-c3ccccc3)c(-c3oc(C)cc(=O)c3O)[nH]2)ccc1OC. The van der Waals surface area contributed by atoms with Gasteiger partial charge in [-0.15, -0.1) is 0 Å². The summed E-state index contributed by atoms with van der Waals surface area (Å²) in [5, 5.41) is 10.5. The van der Waals surface area contributed by atoms with Crippen LogP contribution in [-0.4, -0.2) is 41.9 Å². The van der Waals surface area contributed by atoms with Crippen molar-refractivity contribution in [3.05, 3.63) is 70.6 Å². The zero-order valence-electron chi connectivity index (χ0n) is 18.7. The summed E-state index contributed by atoms with van der Waals surface area (Å²) in [7, 11) is 2.76. The zero-order chi connectivity index (χ0) is 24.2. The fraction of sp³-hybridized carbons (Fsp3) is 0.160. The molecule has 2 aromatic heterocycles. The first-order valence-electron chi connectivity index (χ1n) is 10.3. The number of hydrogen-bond donors (Lipinski definition) is 2. The Morgan fingerprint density at radius 1 is 1.06 bits per heavy atom. The quantitative estimate of drug-likeness (QED) is 0.396. The highest BCUT2D eigenvalue weighted by molar-refractivity contribution is 5.81. The smallest absolute Gasteiger partial charge is 0.343 e. The molecule has 0 saturated heterocycles. The van der Waals surface area contributed by atoms with Gasteiger partial charge in [0.25, 0.3) is 0 Å². The number of imidazole rings is 1. The third kappa shape index (κ3) is 4.49. The molecule has 0 spiro atoms. The average Bonchev–Trinajstić information content (AvgIpc) is 3.30. The van der Waals surface area contributed by atoms with E-state index in [0.29, 0.717) is 40.0 Å². The summed E-state index contributed by atoms with van der Waals surface area (Å²) in [5.74, 6) is 0.426. The van der Waals surface area contributed by atoms with Crippen molar-refractivity contribution in [2.24, 2.45) is 0 Å². The number of rotatable bonds is 7. The van der Waals surface area contributed by atoms with Crippen molar-refractivity contribution < 1.29 is 28.5 Å². The predicted molar refractivity (Wildman–Crippen MR) is 124 cm³/mol. The second kappa shape index (κ2) is 9.53. The standard InChI is InChI=1S/C25H22N2O7/c1-14-11-17(28)23(30)24(34-14)22-21(15-7-5-4-6-8-15)26-25(27-22)16-9-10-18(31-2)19(12-16)33-13-20(29)32-3/h4-12,30H,13H2,1-3H3,(H,26,27). The minimum atomic E-state index is -0.558. The van der Waals surface area contributed by atoms with E-state index in [0.717, 1.165) is 5.56 Å². The van der Waals surface area contributed by atoms with Crippen LogP contribution in [0.5, 0.6) is 17.2 Å². The molecule has 2 aromatic carbocycles. The van der Waals surface area contributed by atoms with Gasteiger partial charge in [-0.3, -0.25) is 4.79 Å². The van der Waals surface area contributed by atoms with E-state index in [9.17, 15) is 14.7 Å². The highest BCUT2D eigenvalue weighted by Gasteiger charge is 2.22. The first-order chi connectivity index (χ1) is 16.4. The maximum atomic E-state index is 12.2. The summed E-state index contributed by atoms with van der Waals surface area (Å²) >= 11 is 0. The summed E-state index contributed by atoms with van der Waals surface area (Å²) in [4.78, 5) is 31.6. The van der Waals surface area contributed by atoms with Crippen LogP contribution in [0.25, 0.3) is 34.1 Å². The third-order valence-corrected chi connectivity index (χ3v) is 5.03. The molecule has 9 heteroatoms. The Morgan fingerprint density at radius 3 is 2.53 bits per heavy atom. The van der Waals surface area contributed by atoms with Gasteiger partial charge in [0.2, 0.25) is 11.2 Å². The van der Waals surface area contributed by atoms with E-state index in [-0.39, 0.29) is 12.4 Å². The lowest BCUT2D eigenvalue weighted by atomic mass is 10.1. The molecule has 34 heavy (non-hydrogen) atoms. The normalized spacial score (nSPS) is 10.7. The van der Waals surface area contributed by atoms with E-state index in [2.05, 4.69) is 9.72 Å². The van der Waals surface area contributed by atoms with Crippen LogP contribution in [0.1, 0.15) is 5.76 Å². The topological polar surface area (TPSA) is 124 Å². The number of ether oxygens (including phenoxy) is 3. The van der Waals surface area contributed by atoms with Crippen molar-refractivity contribution >= 4 is 5.97 Å². The number of nitrogens with one attached hydrogen (secondary N) is 1. The number of carbonyl (C=O) groups excluding carboxylic acids is 1. The highest BCUT2D eigenvalue weighted by Crippen LogP contribution is 2.38. The number of hydrogen-bond acceptors (Lipinski definition) is 8. The predicted octanol–water partition coefficient (Wildman–Crippen LogP) is 3.94. The lowest BCUT2D eigenvalue weighted by Gasteiger charge is -2.11. The summed E-state index contributed by atoms with van der Waals surface area (Å²) in [6, 6.07) is 15.6. The molecule has 0 aliphatic carbocycles. The number of carbonyl (C=O) groups is 1. The van der Waals surface area contributed by atoms with Crippen molar-refractivity contribution in [3.63, 3.8) is 0 Å². The number of H-pyrrole nitrogens is 1. The van der Waals surface area contributed by atoms with Gasteiger partial charge in [0.15, 0.2) is 23.9 Å². The van der Waals surface area contributed by atoms with Crippen LogP contribution in [0.15, 0.2) is 63.8 Å². The zero-order valence-corrected chi connectivity index (χ0v) is 18.7. The van der Waals surface area contributed by atoms with Gasteiger partial charge in [0.05, 0.1) is 14.2 Å². The van der Waals surface area contributed by atoms with Gasteiger partial charge < -0.3 is 28.7 Å². The Balaban J connectivity index is 1.86. The molecule has 0 bridgehead atoms. The fourth-order valence-electron chi connectivity index (χ4n) is 3.38. The van der Waals surface area contributed by atoms with Gasteiger partial charge in [-0.2, -0.15) is 0 Å². The van der Waals surface area contributed by atoms with Crippen molar-refractivity contribution in [3.8, 4) is 51.3 Å². The van der Waals surface area contributed by atoms with Gasteiger partial charge in [-0.25, -0.2) is 9.78 Å².